The van der Waals surface area contributed by atoms with Crippen molar-refractivity contribution in [1.82, 2.24) is 18.9 Å². The van der Waals surface area contributed by atoms with Gasteiger partial charge in [0.15, 0.2) is 5.56 Å². The summed E-state index contributed by atoms with van der Waals surface area (Å²) in [6.07, 6.45) is 0.470. The number of hydrogen-bond acceptors (Lipinski definition) is 6. The van der Waals surface area contributed by atoms with Crippen molar-refractivity contribution >= 4 is 17.5 Å². The van der Waals surface area contributed by atoms with Crippen LogP contribution in [0.5, 0.6) is 0 Å². The van der Waals surface area contributed by atoms with Gasteiger partial charge in [0.05, 0.1) is 5.69 Å². The van der Waals surface area contributed by atoms with Gasteiger partial charge in [-0.1, -0.05) is 0 Å². The molecule has 1 unspecified atom stereocenters. The van der Waals surface area contributed by atoms with Crippen LogP contribution in [0.15, 0.2) is 15.7 Å². The lowest BCUT2D eigenvalue weighted by Crippen LogP contribution is -2.42. The van der Waals surface area contributed by atoms with E-state index in [0.717, 1.165) is 10.3 Å². The summed E-state index contributed by atoms with van der Waals surface area (Å²) in [6, 6.07) is 2.99. The van der Waals surface area contributed by atoms with E-state index in [4.69, 9.17) is 0 Å². The molecule has 10 heteroatoms. The molecule has 1 amide bonds. The second kappa shape index (κ2) is 6.18. The summed E-state index contributed by atoms with van der Waals surface area (Å²) in [5.74, 6) is 0.530. The summed E-state index contributed by atoms with van der Waals surface area (Å²) >= 11 is 0. The Morgan fingerprint density at radius 3 is 2.50 bits per heavy atom. The molecule has 26 heavy (non-hydrogen) atoms. The summed E-state index contributed by atoms with van der Waals surface area (Å²) in [7, 11) is 4.52. The van der Waals surface area contributed by atoms with E-state index in [2.05, 4.69) is 10.4 Å². The summed E-state index contributed by atoms with van der Waals surface area (Å²) in [4.78, 5) is 38.7. The number of nitriles is 1. The van der Waals surface area contributed by atoms with Crippen molar-refractivity contribution in [2.24, 2.45) is 21.1 Å². The monoisotopic (exact) mass is 357 g/mol. The van der Waals surface area contributed by atoms with Crippen LogP contribution in [0.3, 0.4) is 0 Å². The highest BCUT2D eigenvalue weighted by Crippen LogP contribution is 2.24. The fourth-order valence-electron chi connectivity index (χ4n) is 3.17. The van der Waals surface area contributed by atoms with Gasteiger partial charge in [-0.15, -0.1) is 0 Å². The average molecular weight is 357 g/mol. The van der Waals surface area contributed by atoms with E-state index in [0.29, 0.717) is 18.8 Å². The van der Waals surface area contributed by atoms with Gasteiger partial charge in [0.25, 0.3) is 11.5 Å². The highest BCUT2D eigenvalue weighted by molar-refractivity contribution is 6.00. The third-order valence-electron chi connectivity index (χ3n) is 4.55. The molecule has 0 bridgehead atoms. The third-order valence-corrected chi connectivity index (χ3v) is 4.55. The van der Waals surface area contributed by atoms with E-state index in [1.165, 1.54) is 18.7 Å². The van der Waals surface area contributed by atoms with Crippen LogP contribution >= 0.6 is 0 Å². The van der Waals surface area contributed by atoms with Crippen LogP contribution in [0, 0.1) is 18.3 Å². The summed E-state index contributed by atoms with van der Waals surface area (Å²) in [5, 5.41) is 16.5. The van der Waals surface area contributed by atoms with Gasteiger partial charge >= 0.3 is 5.69 Å². The number of hydrogen-bond donors (Lipinski definition) is 1. The number of aromatic nitrogens is 4. The van der Waals surface area contributed by atoms with Crippen LogP contribution in [0.25, 0.3) is 0 Å². The topological polar surface area (TPSA) is 118 Å². The highest BCUT2D eigenvalue weighted by atomic mass is 16.2. The predicted octanol–water partition coefficient (Wildman–Crippen LogP) is -0.785. The minimum atomic E-state index is -0.692. The van der Waals surface area contributed by atoms with E-state index >= 15 is 0 Å². The van der Waals surface area contributed by atoms with Crippen LogP contribution in [0.1, 0.15) is 17.7 Å². The molecule has 1 aliphatic heterocycles. The molecule has 0 saturated carbocycles. The Morgan fingerprint density at radius 2 is 1.92 bits per heavy atom. The lowest BCUT2D eigenvalue weighted by Gasteiger charge is -2.19. The molecule has 1 aliphatic rings. The van der Waals surface area contributed by atoms with Gasteiger partial charge < -0.3 is 5.32 Å². The number of nitrogens with one attached hydrogen (secondary N) is 1. The number of carbonyl (C=O) groups is 1. The maximum Gasteiger partial charge on any atom is 0.332 e. The minimum absolute atomic E-state index is 0.0574. The van der Waals surface area contributed by atoms with Crippen LogP contribution in [0.4, 0.5) is 11.6 Å². The zero-order valence-corrected chi connectivity index (χ0v) is 15.0. The lowest BCUT2D eigenvalue weighted by molar-refractivity contribution is -0.117. The minimum Gasteiger partial charge on any atom is -0.358 e. The predicted molar refractivity (Wildman–Crippen MR) is 94.0 cm³/mol. The molecule has 1 fully saturated rings. The first-order valence-electron chi connectivity index (χ1n) is 8.05. The number of anilines is 2. The van der Waals surface area contributed by atoms with E-state index in [1.54, 1.807) is 16.6 Å². The molecular formula is C16H19N7O3. The van der Waals surface area contributed by atoms with Crippen molar-refractivity contribution < 1.29 is 4.79 Å². The van der Waals surface area contributed by atoms with Crippen molar-refractivity contribution in [1.29, 1.82) is 5.26 Å². The van der Waals surface area contributed by atoms with Gasteiger partial charge in [0.2, 0.25) is 0 Å². The molecule has 1 atom stereocenters. The van der Waals surface area contributed by atoms with Crippen LogP contribution in [-0.4, -0.2) is 37.4 Å². The fourth-order valence-corrected chi connectivity index (χ4v) is 3.17. The molecular weight excluding hydrogens is 338 g/mol. The van der Waals surface area contributed by atoms with Crippen LogP contribution < -0.4 is 21.5 Å². The standard InChI is InChI=1S/C16H19N7O3/c1-9-7-12(22(4)19-9)23-6-5-11(15(23)25)18-13-10(8-17)14(24)21(3)16(26)20(13)2/h7,11,18H,5-6H2,1-4H3. The second-order valence-corrected chi connectivity index (χ2v) is 6.28. The maximum absolute atomic E-state index is 12.8. The Labute approximate surface area is 148 Å². The van der Waals surface area contributed by atoms with E-state index in [-0.39, 0.29) is 17.3 Å². The van der Waals surface area contributed by atoms with Gasteiger partial charge in [-0.05, 0) is 13.3 Å². The van der Waals surface area contributed by atoms with Gasteiger partial charge in [-0.25, -0.2) is 4.79 Å². The van der Waals surface area contributed by atoms with Gasteiger partial charge in [0.1, 0.15) is 23.7 Å². The van der Waals surface area contributed by atoms with Crippen LogP contribution in [-0.2, 0) is 25.9 Å². The molecule has 2 aromatic rings. The molecule has 3 heterocycles. The zero-order chi connectivity index (χ0) is 19.2. The van der Waals surface area contributed by atoms with Gasteiger partial charge in [-0.2, -0.15) is 10.4 Å². The summed E-state index contributed by atoms with van der Waals surface area (Å²) in [5.41, 5.74) is -0.659. The van der Waals surface area contributed by atoms with Crippen molar-refractivity contribution in [2.45, 2.75) is 19.4 Å². The Hall–Kier alpha value is -3.35. The Balaban J connectivity index is 1.96. The highest BCUT2D eigenvalue weighted by Gasteiger charge is 2.35. The number of amides is 1. The van der Waals surface area contributed by atoms with Crippen molar-refractivity contribution in [3.8, 4) is 6.07 Å². The Kier molecular flexibility index (Phi) is 4.15. The fraction of sp³-hybridized carbons (Fsp3) is 0.438. The first-order chi connectivity index (χ1) is 12.3. The molecule has 3 rings (SSSR count). The quantitative estimate of drug-likeness (QED) is 0.769. The van der Waals surface area contributed by atoms with Crippen molar-refractivity contribution in [3.05, 3.63) is 38.2 Å². The summed E-state index contributed by atoms with van der Waals surface area (Å²) in [6.45, 7) is 2.31. The van der Waals surface area contributed by atoms with Crippen molar-refractivity contribution in [3.63, 3.8) is 0 Å². The average Bonchev–Trinajstić information content (AvgIpc) is 3.12. The normalized spacial score (nSPS) is 16.8. The van der Waals surface area contributed by atoms with Crippen LogP contribution in [0.2, 0.25) is 0 Å². The molecule has 0 aromatic carbocycles. The van der Waals surface area contributed by atoms with E-state index < -0.39 is 17.3 Å². The number of rotatable bonds is 3. The molecule has 136 valence electrons. The number of aryl methyl sites for hydroxylation is 2. The zero-order valence-electron chi connectivity index (χ0n) is 15.0. The first kappa shape index (κ1) is 17.5. The molecule has 1 N–H and O–H groups in total. The number of nitrogens with zero attached hydrogens (tertiary/aromatic N) is 6. The maximum atomic E-state index is 12.8. The molecule has 0 spiro atoms. The molecule has 10 nitrogen and oxygen atoms in total. The van der Waals surface area contributed by atoms with Crippen molar-refractivity contribution in [2.75, 3.05) is 16.8 Å². The second-order valence-electron chi connectivity index (χ2n) is 6.28. The Bertz CT molecular complexity index is 1050. The van der Waals surface area contributed by atoms with Gasteiger partial charge in [-0.3, -0.25) is 28.3 Å². The van der Waals surface area contributed by atoms with E-state index in [1.807, 2.05) is 19.1 Å². The SMILES string of the molecule is Cc1cc(N2CCC(Nc3c(C#N)c(=O)n(C)c(=O)n3C)C2=O)n(C)n1. The van der Waals surface area contributed by atoms with E-state index in [9.17, 15) is 19.6 Å². The molecule has 0 radical (unpaired) electrons. The smallest absolute Gasteiger partial charge is 0.332 e. The Morgan fingerprint density at radius 1 is 1.23 bits per heavy atom. The molecule has 1 saturated heterocycles. The number of carbonyl (C=O) groups excluding carboxylic acids is 1. The first-order valence-corrected chi connectivity index (χ1v) is 8.05. The third kappa shape index (κ3) is 2.57. The largest absolute Gasteiger partial charge is 0.358 e. The lowest BCUT2D eigenvalue weighted by atomic mass is 10.2. The summed E-state index contributed by atoms with van der Waals surface area (Å²) < 4.78 is 3.67. The molecule has 2 aromatic heterocycles. The van der Waals surface area contributed by atoms with Gasteiger partial charge in [0, 0.05) is 33.8 Å². The molecule has 0 aliphatic carbocycles.